The van der Waals surface area contributed by atoms with Crippen LogP contribution in [0, 0.1) is 0 Å². The maximum Gasteiger partial charge on any atom is 0.339 e. The Labute approximate surface area is 83.7 Å². The molecule has 0 saturated heterocycles. The average molecular weight is 218 g/mol. The normalized spacial score (nSPS) is 10.7. The molecule has 0 spiro atoms. The monoisotopic (exact) mass is 218 g/mol. The van der Waals surface area contributed by atoms with Gasteiger partial charge in [-0.15, -0.1) is 0 Å². The van der Waals surface area contributed by atoms with Gasteiger partial charge in [0, 0.05) is 13.3 Å². The molecule has 5 nitrogen and oxygen atoms in total. The zero-order chi connectivity index (χ0) is 11.4. The second kappa shape index (κ2) is 4.74. The summed E-state index contributed by atoms with van der Waals surface area (Å²) in [6.07, 6.45) is -2.10. The number of aromatic nitrogens is 2. The molecule has 1 aromatic heterocycles. The van der Waals surface area contributed by atoms with Crippen LogP contribution in [0.4, 0.5) is 8.78 Å². The molecule has 0 saturated carbocycles. The number of carboxylic acid groups (broad SMARTS) is 1. The van der Waals surface area contributed by atoms with Crippen molar-refractivity contribution in [3.63, 3.8) is 0 Å². The molecule has 1 heterocycles. The molecule has 0 amide bonds. The van der Waals surface area contributed by atoms with Crippen molar-refractivity contribution in [3.8, 4) is 0 Å². The van der Waals surface area contributed by atoms with E-state index in [1.54, 1.807) is 0 Å². The molecule has 7 heteroatoms. The van der Waals surface area contributed by atoms with Gasteiger partial charge in [-0.2, -0.15) is 0 Å². The van der Waals surface area contributed by atoms with Crippen LogP contribution in [0.1, 0.15) is 28.3 Å². The molecule has 1 aromatic rings. The summed E-state index contributed by atoms with van der Waals surface area (Å²) < 4.78 is 29.5. The lowest BCUT2D eigenvalue weighted by atomic mass is 10.2. The third-order valence-electron chi connectivity index (χ3n) is 1.58. The number of carboxylic acids is 1. The fourth-order valence-electron chi connectivity index (χ4n) is 0.963. The van der Waals surface area contributed by atoms with E-state index in [1.165, 1.54) is 7.11 Å². The molecule has 0 fully saturated rings. The van der Waals surface area contributed by atoms with Crippen molar-refractivity contribution in [2.24, 2.45) is 0 Å². The molecule has 1 rings (SSSR count). The van der Waals surface area contributed by atoms with Crippen molar-refractivity contribution in [2.45, 2.75) is 13.0 Å². The number of hydrogen-bond donors (Lipinski definition) is 1. The first-order chi connectivity index (χ1) is 7.06. The number of methoxy groups -OCH3 is 1. The van der Waals surface area contributed by atoms with Gasteiger partial charge in [-0.1, -0.05) is 0 Å². The Kier molecular flexibility index (Phi) is 3.62. The Morgan fingerprint density at radius 2 is 2.33 bits per heavy atom. The van der Waals surface area contributed by atoms with E-state index in [-0.39, 0.29) is 12.4 Å². The molecular formula is C8H8F2N2O3. The molecule has 0 aliphatic heterocycles. The van der Waals surface area contributed by atoms with Crippen LogP contribution < -0.4 is 0 Å². The first-order valence-electron chi connectivity index (χ1n) is 3.92. The van der Waals surface area contributed by atoms with Crippen molar-refractivity contribution in [1.82, 2.24) is 9.97 Å². The minimum atomic E-state index is -2.95. The lowest BCUT2D eigenvalue weighted by Gasteiger charge is -2.05. The van der Waals surface area contributed by atoms with Crippen LogP contribution in [0.25, 0.3) is 0 Å². The summed E-state index contributed by atoms with van der Waals surface area (Å²) in [6.45, 7) is -0.0420. The van der Waals surface area contributed by atoms with Gasteiger partial charge in [-0.05, 0) is 0 Å². The van der Waals surface area contributed by atoms with Gasteiger partial charge in [0.15, 0.2) is 5.82 Å². The van der Waals surface area contributed by atoms with Gasteiger partial charge in [0.25, 0.3) is 6.43 Å². The Morgan fingerprint density at radius 1 is 1.67 bits per heavy atom. The number of rotatable bonds is 4. The highest BCUT2D eigenvalue weighted by molar-refractivity contribution is 5.88. The first kappa shape index (κ1) is 11.4. The summed E-state index contributed by atoms with van der Waals surface area (Å²) in [7, 11) is 1.36. The van der Waals surface area contributed by atoms with Crippen molar-refractivity contribution < 1.29 is 23.4 Å². The second-order valence-corrected chi connectivity index (χ2v) is 2.62. The number of ether oxygens (including phenoxy) is 1. The van der Waals surface area contributed by atoms with Crippen LogP contribution in [0.2, 0.25) is 0 Å². The third kappa shape index (κ3) is 2.66. The number of halogens is 2. The summed E-state index contributed by atoms with van der Waals surface area (Å²) in [5.41, 5.74) is -1.38. The summed E-state index contributed by atoms with van der Waals surface area (Å²) in [6, 6.07) is 0. The molecule has 15 heavy (non-hydrogen) atoms. The highest BCUT2D eigenvalue weighted by atomic mass is 19.3. The molecule has 0 atom stereocenters. The fraction of sp³-hybridized carbons (Fsp3) is 0.375. The first-order valence-corrected chi connectivity index (χ1v) is 3.92. The van der Waals surface area contributed by atoms with E-state index in [4.69, 9.17) is 5.11 Å². The largest absolute Gasteiger partial charge is 0.478 e. The van der Waals surface area contributed by atoms with Gasteiger partial charge in [-0.3, -0.25) is 0 Å². The Morgan fingerprint density at radius 3 is 2.80 bits per heavy atom. The smallest absolute Gasteiger partial charge is 0.339 e. The van der Waals surface area contributed by atoms with Gasteiger partial charge in [0.05, 0.1) is 0 Å². The molecule has 0 unspecified atom stereocenters. The van der Waals surface area contributed by atoms with Gasteiger partial charge >= 0.3 is 5.97 Å². The van der Waals surface area contributed by atoms with Crippen LogP contribution >= 0.6 is 0 Å². The molecule has 0 aliphatic rings. The summed E-state index contributed by atoms with van der Waals surface area (Å²) in [5, 5.41) is 8.59. The fourth-order valence-corrected chi connectivity index (χ4v) is 0.963. The Hall–Kier alpha value is -1.63. The molecular weight excluding hydrogens is 210 g/mol. The lowest BCUT2D eigenvalue weighted by Crippen LogP contribution is -2.09. The van der Waals surface area contributed by atoms with Crippen LogP contribution in [0.3, 0.4) is 0 Å². The molecule has 1 N–H and O–H groups in total. The van der Waals surface area contributed by atoms with E-state index in [9.17, 15) is 13.6 Å². The minimum Gasteiger partial charge on any atom is -0.478 e. The van der Waals surface area contributed by atoms with Gasteiger partial charge in [-0.25, -0.2) is 23.5 Å². The maximum absolute atomic E-state index is 12.4. The van der Waals surface area contributed by atoms with E-state index in [1.807, 2.05) is 0 Å². The van der Waals surface area contributed by atoms with Crippen molar-refractivity contribution in [1.29, 1.82) is 0 Å². The van der Waals surface area contributed by atoms with E-state index >= 15 is 0 Å². The van der Waals surface area contributed by atoms with Crippen molar-refractivity contribution in [2.75, 3.05) is 7.11 Å². The van der Waals surface area contributed by atoms with Crippen LogP contribution in [0.15, 0.2) is 6.20 Å². The van der Waals surface area contributed by atoms with Crippen molar-refractivity contribution in [3.05, 3.63) is 23.3 Å². The van der Waals surface area contributed by atoms with Crippen LogP contribution in [0.5, 0.6) is 0 Å². The molecule has 0 aliphatic carbocycles. The van der Waals surface area contributed by atoms with Gasteiger partial charge in [0.1, 0.15) is 17.9 Å². The summed E-state index contributed by atoms with van der Waals surface area (Å²) in [4.78, 5) is 17.5. The van der Waals surface area contributed by atoms with Gasteiger partial charge in [0.2, 0.25) is 0 Å². The van der Waals surface area contributed by atoms with Crippen LogP contribution in [-0.4, -0.2) is 28.2 Å². The summed E-state index contributed by atoms with van der Waals surface area (Å²) in [5.74, 6) is -1.45. The molecule has 0 radical (unpaired) electrons. The highest BCUT2D eigenvalue weighted by Gasteiger charge is 2.20. The highest BCUT2D eigenvalue weighted by Crippen LogP contribution is 2.20. The third-order valence-corrected chi connectivity index (χ3v) is 1.58. The quantitative estimate of drug-likeness (QED) is 0.823. The molecule has 0 bridgehead atoms. The van der Waals surface area contributed by atoms with Crippen LogP contribution in [-0.2, 0) is 11.3 Å². The molecule has 82 valence electrons. The maximum atomic E-state index is 12.4. The number of aromatic carboxylic acids is 1. The van der Waals surface area contributed by atoms with E-state index in [2.05, 4.69) is 14.7 Å². The average Bonchev–Trinajstić information content (AvgIpc) is 2.17. The zero-order valence-electron chi connectivity index (χ0n) is 7.78. The summed E-state index contributed by atoms with van der Waals surface area (Å²) >= 11 is 0. The van der Waals surface area contributed by atoms with Crippen molar-refractivity contribution >= 4 is 5.97 Å². The van der Waals surface area contributed by atoms with E-state index in [0.29, 0.717) is 0 Å². The van der Waals surface area contributed by atoms with Gasteiger partial charge < -0.3 is 9.84 Å². The number of hydrogen-bond acceptors (Lipinski definition) is 4. The lowest BCUT2D eigenvalue weighted by molar-refractivity contribution is 0.0680. The van der Waals surface area contributed by atoms with E-state index in [0.717, 1.165) is 6.20 Å². The minimum absolute atomic E-state index is 0.0257. The zero-order valence-corrected chi connectivity index (χ0v) is 7.78. The number of nitrogens with zero attached hydrogens (tertiary/aromatic N) is 2. The topological polar surface area (TPSA) is 72.3 Å². The number of carbonyl (C=O) groups is 1. The SMILES string of the molecule is COCc1ncc(C(=O)O)c(C(F)F)n1. The second-order valence-electron chi connectivity index (χ2n) is 2.62. The molecule has 0 aromatic carbocycles. The predicted octanol–water partition coefficient (Wildman–Crippen LogP) is 1.26. The predicted molar refractivity (Wildman–Crippen MR) is 44.7 cm³/mol. The van der Waals surface area contributed by atoms with E-state index < -0.39 is 23.7 Å². The standard InChI is InChI=1S/C8H8F2N2O3/c1-15-3-5-11-2-4(8(13)14)6(12-5)7(9)10/h2,7H,3H2,1H3,(H,13,14). The Bertz CT molecular complexity index is 371. The Balaban J connectivity index is 3.15. The number of alkyl halides is 2.